The van der Waals surface area contributed by atoms with Crippen molar-refractivity contribution in [1.82, 2.24) is 0 Å². The van der Waals surface area contributed by atoms with E-state index >= 15 is 0 Å². The van der Waals surface area contributed by atoms with Crippen molar-refractivity contribution in [1.29, 1.82) is 0 Å². The Balaban J connectivity index is 5.22. The first kappa shape index (κ1) is 97.1. The molecule has 0 aromatic rings. The molecule has 0 aromatic heterocycles. The summed E-state index contributed by atoms with van der Waals surface area (Å²) in [6.45, 7) is 7.29. The van der Waals surface area contributed by atoms with E-state index in [1.54, 1.807) is 0 Å². The first-order valence-electron chi connectivity index (χ1n) is 41.6. The Morgan fingerprint density at radius 2 is 0.465 bits per heavy atom. The van der Waals surface area contributed by atoms with Gasteiger partial charge in [-0.15, -0.1) is 0 Å². The van der Waals surface area contributed by atoms with Crippen molar-refractivity contribution in [2.24, 2.45) is 5.92 Å². The lowest BCUT2D eigenvalue weighted by atomic mass is 10.0. The van der Waals surface area contributed by atoms with Crippen LogP contribution in [0.15, 0.2) is 0 Å². The minimum Gasteiger partial charge on any atom is -0.462 e. The molecule has 0 bridgehead atoms. The Hall–Kier alpha value is -1.94. The Kier molecular flexibility index (Phi) is 71.6. The van der Waals surface area contributed by atoms with Crippen LogP contribution in [-0.2, 0) is 65.4 Å². The number of aliphatic hydroxyl groups excluding tert-OH is 1. The predicted molar refractivity (Wildman–Crippen MR) is 405 cm³/mol. The van der Waals surface area contributed by atoms with Crippen molar-refractivity contribution in [3.8, 4) is 0 Å². The van der Waals surface area contributed by atoms with Crippen LogP contribution in [0.5, 0.6) is 0 Å². The summed E-state index contributed by atoms with van der Waals surface area (Å²) in [5.41, 5.74) is 0. The van der Waals surface area contributed by atoms with Crippen molar-refractivity contribution < 1.29 is 80.2 Å². The third-order valence-electron chi connectivity index (χ3n) is 18.8. The molecule has 0 spiro atoms. The van der Waals surface area contributed by atoms with Gasteiger partial charge in [-0.25, -0.2) is 9.13 Å². The fourth-order valence-corrected chi connectivity index (χ4v) is 14.0. The van der Waals surface area contributed by atoms with Gasteiger partial charge < -0.3 is 33.8 Å². The number of carbonyl (C=O) groups excluding carboxylic acids is 4. The quantitative estimate of drug-likeness (QED) is 0.0222. The van der Waals surface area contributed by atoms with Gasteiger partial charge in [0, 0.05) is 25.7 Å². The lowest BCUT2D eigenvalue weighted by molar-refractivity contribution is -0.161. The number of carbonyl (C=O) groups is 4. The number of ether oxygens (including phenoxy) is 4. The lowest BCUT2D eigenvalue weighted by Crippen LogP contribution is -2.30. The van der Waals surface area contributed by atoms with Gasteiger partial charge in [0.1, 0.15) is 19.3 Å². The third-order valence-corrected chi connectivity index (χ3v) is 20.7. The molecule has 0 aliphatic carbocycles. The molecular formula is C80H156O17P2. The number of hydrogen-bond donors (Lipinski definition) is 3. The maximum Gasteiger partial charge on any atom is 0.472 e. The van der Waals surface area contributed by atoms with Crippen LogP contribution < -0.4 is 0 Å². The van der Waals surface area contributed by atoms with Crippen LogP contribution in [-0.4, -0.2) is 96.7 Å². The zero-order valence-electron chi connectivity index (χ0n) is 64.6. The van der Waals surface area contributed by atoms with Gasteiger partial charge in [0.2, 0.25) is 0 Å². The van der Waals surface area contributed by atoms with E-state index in [0.29, 0.717) is 25.7 Å². The number of unbranched alkanes of at least 4 members (excludes halogenated alkanes) is 52. The van der Waals surface area contributed by atoms with Crippen LogP contribution in [0.2, 0.25) is 0 Å². The normalized spacial score (nSPS) is 13.9. The molecule has 0 amide bonds. The second-order valence-corrected chi connectivity index (χ2v) is 32.2. The Bertz CT molecular complexity index is 1890. The molecule has 0 heterocycles. The van der Waals surface area contributed by atoms with Gasteiger partial charge in [0.15, 0.2) is 12.2 Å². The van der Waals surface area contributed by atoms with Gasteiger partial charge in [-0.2, -0.15) is 0 Å². The highest BCUT2D eigenvalue weighted by Gasteiger charge is 2.30. The Morgan fingerprint density at radius 3 is 0.687 bits per heavy atom. The minimum atomic E-state index is -4.96. The molecule has 3 N–H and O–H groups in total. The van der Waals surface area contributed by atoms with E-state index in [4.69, 9.17) is 37.0 Å². The number of phosphoric acid groups is 2. The number of hydrogen-bond acceptors (Lipinski definition) is 15. The first-order chi connectivity index (χ1) is 48.0. The molecule has 0 saturated carbocycles. The van der Waals surface area contributed by atoms with E-state index in [9.17, 15) is 43.2 Å². The van der Waals surface area contributed by atoms with E-state index in [1.807, 2.05) is 0 Å². The van der Waals surface area contributed by atoms with Crippen LogP contribution in [0.25, 0.3) is 0 Å². The van der Waals surface area contributed by atoms with E-state index in [1.165, 1.54) is 250 Å². The molecule has 5 atom stereocenters. The van der Waals surface area contributed by atoms with Crippen LogP contribution in [0.3, 0.4) is 0 Å². The van der Waals surface area contributed by atoms with E-state index in [0.717, 1.165) is 95.8 Å². The fourth-order valence-electron chi connectivity index (χ4n) is 12.4. The molecule has 0 aliphatic rings. The molecule has 0 fully saturated rings. The second-order valence-electron chi connectivity index (χ2n) is 29.3. The molecule has 0 radical (unpaired) electrons. The predicted octanol–water partition coefficient (Wildman–Crippen LogP) is 24.0. The number of esters is 4. The van der Waals surface area contributed by atoms with Gasteiger partial charge in [0.05, 0.1) is 26.4 Å². The molecule has 17 nitrogen and oxygen atoms in total. The number of aliphatic hydroxyl groups is 1. The molecule has 99 heavy (non-hydrogen) atoms. The van der Waals surface area contributed by atoms with Crippen molar-refractivity contribution >= 4 is 39.5 Å². The van der Waals surface area contributed by atoms with Crippen molar-refractivity contribution in [3.63, 3.8) is 0 Å². The highest BCUT2D eigenvalue weighted by Crippen LogP contribution is 2.45. The molecule has 0 aliphatic heterocycles. The summed E-state index contributed by atoms with van der Waals surface area (Å²) in [7, 11) is -9.92. The minimum absolute atomic E-state index is 0.108. The summed E-state index contributed by atoms with van der Waals surface area (Å²) in [4.78, 5) is 73.0. The molecule has 19 heteroatoms. The van der Waals surface area contributed by atoms with E-state index < -0.39 is 97.5 Å². The van der Waals surface area contributed by atoms with E-state index in [2.05, 4.69) is 34.6 Å². The van der Waals surface area contributed by atoms with Gasteiger partial charge in [0.25, 0.3) is 0 Å². The van der Waals surface area contributed by atoms with Crippen LogP contribution >= 0.6 is 15.6 Å². The summed E-state index contributed by atoms with van der Waals surface area (Å²) in [6, 6.07) is 0. The van der Waals surface area contributed by atoms with Crippen molar-refractivity contribution in [2.45, 2.75) is 445 Å². The third kappa shape index (κ3) is 74.1. The average molecular weight is 1450 g/mol. The first-order valence-corrected chi connectivity index (χ1v) is 44.6. The summed E-state index contributed by atoms with van der Waals surface area (Å²) in [5.74, 6) is -1.38. The van der Waals surface area contributed by atoms with Gasteiger partial charge in [-0.1, -0.05) is 375 Å². The van der Waals surface area contributed by atoms with Crippen molar-refractivity contribution in [2.75, 3.05) is 39.6 Å². The summed E-state index contributed by atoms with van der Waals surface area (Å²) >= 11 is 0. The smallest absolute Gasteiger partial charge is 0.462 e. The average Bonchev–Trinajstić information content (AvgIpc) is 1.10. The summed E-state index contributed by atoms with van der Waals surface area (Å²) in [5, 5.41) is 10.6. The maximum absolute atomic E-state index is 13.1. The van der Waals surface area contributed by atoms with Crippen molar-refractivity contribution in [3.05, 3.63) is 0 Å². The standard InChI is InChI=1S/C80H156O17P2/c1-6-9-12-15-18-21-24-27-29-30-31-32-33-34-35-38-41-44-51-56-61-66-80(85)96-75(69-90-77(82)63-58-53-48-42-39-37-28-25-22-19-16-13-10-7-2)71-94-98(86,87)92-67-74(81)68-93-99(88,89)95-72-76(70-91-78(83)64-59-54-49-46-45-47-52-57-62-73(4)5)97-79(84)65-60-55-50-43-40-36-26-23-20-17-14-11-8-3/h73-76,81H,6-72H2,1-5H3,(H,86,87)(H,88,89)/t74-,75-,76-/m1/s1. The topological polar surface area (TPSA) is 237 Å². The van der Waals surface area contributed by atoms with Crippen LogP contribution in [0.4, 0.5) is 0 Å². The molecule has 0 rings (SSSR count). The molecular weight excluding hydrogens is 1290 g/mol. The highest BCUT2D eigenvalue weighted by atomic mass is 31.2. The zero-order chi connectivity index (χ0) is 72.7. The van der Waals surface area contributed by atoms with Crippen LogP contribution in [0, 0.1) is 5.92 Å². The summed E-state index contributed by atoms with van der Waals surface area (Å²) < 4.78 is 68.7. The SMILES string of the molecule is CCCCCCCCCCCCCCCCCCCCCCCC(=O)O[C@H](COC(=O)CCCCCCCCCCCCCCCC)COP(=O)(O)OC[C@@H](O)COP(=O)(O)OC[C@@H](COC(=O)CCCCCCCCCCC(C)C)OC(=O)CCCCCCCCCCCCCCC. The van der Waals surface area contributed by atoms with Gasteiger partial charge in [-0.3, -0.25) is 37.3 Å². The molecule has 2 unspecified atom stereocenters. The largest absolute Gasteiger partial charge is 0.472 e. The monoisotopic (exact) mass is 1450 g/mol. The number of phosphoric ester groups is 2. The Labute approximate surface area is 607 Å². The molecule has 0 saturated heterocycles. The maximum atomic E-state index is 13.1. The molecule has 0 aromatic carbocycles. The van der Waals surface area contributed by atoms with Gasteiger partial charge >= 0.3 is 39.5 Å². The second kappa shape index (κ2) is 73.0. The van der Waals surface area contributed by atoms with Gasteiger partial charge in [-0.05, 0) is 31.6 Å². The fraction of sp³-hybridized carbons (Fsp3) is 0.950. The number of rotatable bonds is 80. The van der Waals surface area contributed by atoms with E-state index in [-0.39, 0.29) is 25.7 Å². The molecule has 588 valence electrons. The summed E-state index contributed by atoms with van der Waals surface area (Å²) in [6.07, 6.45) is 63.9. The Morgan fingerprint density at radius 1 is 0.273 bits per heavy atom. The lowest BCUT2D eigenvalue weighted by Gasteiger charge is -2.21. The zero-order valence-corrected chi connectivity index (χ0v) is 66.4. The van der Waals surface area contributed by atoms with Crippen LogP contribution in [0.1, 0.15) is 426 Å². The highest BCUT2D eigenvalue weighted by molar-refractivity contribution is 7.47.